The minimum absolute atomic E-state index is 0.105. The lowest BCUT2D eigenvalue weighted by atomic mass is 9.86. The number of carbonyl (C=O) groups excluding carboxylic acids is 4. The average molecular weight is 462 g/mol. The number of allylic oxidation sites excluding steroid dienone is 1. The SMILES string of the molecule is C/C=C(\C)C(=O)O[C@@H]1C[C@]2(OC(C)=O)O[C@]1(C)CCC1=C(COC(C)=O)C(=O)O[C@@H]1C=C2C. The highest BCUT2D eigenvalue weighted by Crippen LogP contribution is 2.49. The topological polar surface area (TPSA) is 114 Å². The molecule has 2 bridgehead atoms. The molecule has 0 saturated carbocycles. The zero-order chi connectivity index (χ0) is 24.6. The van der Waals surface area contributed by atoms with Gasteiger partial charge in [0.05, 0.1) is 12.0 Å². The van der Waals surface area contributed by atoms with Crippen molar-refractivity contribution in [2.45, 2.75) is 84.4 Å². The molecule has 0 radical (unpaired) electrons. The molecule has 3 heterocycles. The molecule has 0 unspecified atom stereocenters. The molecule has 3 aliphatic heterocycles. The summed E-state index contributed by atoms with van der Waals surface area (Å²) < 4.78 is 28.4. The molecular formula is C24H30O9. The standard InChI is InChI=1S/C24H30O9/c1-7-13(2)21(27)31-20-11-24(32-16(5)26)14(3)10-19-17(8-9-23(20,6)33-24)18(22(28)30-19)12-29-15(4)25/h7,10,19-20H,8-9,11-12H2,1-6H3/b13-7+,14-10?/t19-,20-,23-,24+/m1/s1. The van der Waals surface area contributed by atoms with Crippen LogP contribution in [0.25, 0.3) is 0 Å². The van der Waals surface area contributed by atoms with Crippen LogP contribution in [-0.4, -0.2) is 54.1 Å². The van der Waals surface area contributed by atoms with E-state index in [9.17, 15) is 19.2 Å². The van der Waals surface area contributed by atoms with Gasteiger partial charge in [-0.1, -0.05) is 6.08 Å². The van der Waals surface area contributed by atoms with Crippen LogP contribution in [0.1, 0.15) is 60.8 Å². The molecule has 0 N–H and O–H groups in total. The maximum atomic E-state index is 12.5. The number of ether oxygens (including phenoxy) is 5. The Morgan fingerprint density at radius 1 is 1.21 bits per heavy atom. The normalized spacial score (nSPS) is 31.5. The van der Waals surface area contributed by atoms with E-state index in [0.29, 0.717) is 29.6 Å². The monoisotopic (exact) mass is 462 g/mol. The van der Waals surface area contributed by atoms with Crippen LogP contribution in [0.3, 0.4) is 0 Å². The van der Waals surface area contributed by atoms with Crippen LogP contribution in [0.15, 0.2) is 34.4 Å². The van der Waals surface area contributed by atoms with Gasteiger partial charge in [0.2, 0.25) is 5.79 Å². The molecule has 33 heavy (non-hydrogen) atoms. The summed E-state index contributed by atoms with van der Waals surface area (Å²) in [6, 6.07) is 0. The molecule has 0 aromatic rings. The third-order valence-corrected chi connectivity index (χ3v) is 6.37. The molecule has 4 atom stereocenters. The van der Waals surface area contributed by atoms with Crippen LogP contribution in [0, 0.1) is 0 Å². The first-order chi connectivity index (χ1) is 15.4. The summed E-state index contributed by atoms with van der Waals surface area (Å²) in [5.74, 6) is -3.59. The van der Waals surface area contributed by atoms with Gasteiger partial charge < -0.3 is 23.7 Å². The van der Waals surface area contributed by atoms with Gasteiger partial charge in [0.15, 0.2) is 0 Å². The van der Waals surface area contributed by atoms with Crippen molar-refractivity contribution in [3.63, 3.8) is 0 Å². The molecule has 1 fully saturated rings. The molecule has 9 heteroatoms. The quantitative estimate of drug-likeness (QED) is 0.263. The molecule has 0 aromatic heterocycles. The molecule has 3 aliphatic rings. The first kappa shape index (κ1) is 24.7. The van der Waals surface area contributed by atoms with E-state index in [2.05, 4.69) is 0 Å². The molecule has 0 amide bonds. The fourth-order valence-corrected chi connectivity index (χ4v) is 4.33. The van der Waals surface area contributed by atoms with Gasteiger partial charge in [-0.15, -0.1) is 0 Å². The minimum atomic E-state index is -1.48. The summed E-state index contributed by atoms with van der Waals surface area (Å²) in [5.41, 5.74) is 0.874. The second-order valence-corrected chi connectivity index (χ2v) is 8.79. The zero-order valence-corrected chi connectivity index (χ0v) is 19.8. The fourth-order valence-electron chi connectivity index (χ4n) is 4.33. The van der Waals surface area contributed by atoms with Gasteiger partial charge in [-0.05, 0) is 57.8 Å². The maximum absolute atomic E-state index is 12.5. The lowest BCUT2D eigenvalue weighted by Crippen LogP contribution is -2.41. The lowest BCUT2D eigenvalue weighted by Gasteiger charge is -2.33. The van der Waals surface area contributed by atoms with E-state index in [4.69, 9.17) is 23.7 Å². The van der Waals surface area contributed by atoms with Crippen molar-refractivity contribution < 1.29 is 42.9 Å². The summed E-state index contributed by atoms with van der Waals surface area (Å²) in [4.78, 5) is 48.4. The fraction of sp³-hybridized carbons (Fsp3) is 0.583. The van der Waals surface area contributed by atoms with E-state index < -0.39 is 47.5 Å². The second kappa shape index (κ2) is 9.13. The van der Waals surface area contributed by atoms with Crippen molar-refractivity contribution in [3.05, 3.63) is 34.4 Å². The first-order valence-corrected chi connectivity index (χ1v) is 10.9. The summed E-state index contributed by atoms with van der Waals surface area (Å²) in [7, 11) is 0. The van der Waals surface area contributed by atoms with Crippen LogP contribution in [-0.2, 0) is 42.9 Å². The molecule has 0 spiro atoms. The summed E-state index contributed by atoms with van der Waals surface area (Å²) >= 11 is 0. The number of fused-ring (bicyclic) bond motifs is 3. The smallest absolute Gasteiger partial charge is 0.338 e. The van der Waals surface area contributed by atoms with E-state index in [1.165, 1.54) is 13.8 Å². The van der Waals surface area contributed by atoms with Crippen molar-refractivity contribution in [1.82, 2.24) is 0 Å². The van der Waals surface area contributed by atoms with Gasteiger partial charge in [-0.25, -0.2) is 9.59 Å². The van der Waals surface area contributed by atoms with Gasteiger partial charge in [0, 0.05) is 19.4 Å². The van der Waals surface area contributed by atoms with Crippen LogP contribution in [0.2, 0.25) is 0 Å². The number of hydrogen-bond acceptors (Lipinski definition) is 9. The predicted molar refractivity (Wildman–Crippen MR) is 114 cm³/mol. The largest absolute Gasteiger partial charge is 0.461 e. The van der Waals surface area contributed by atoms with Crippen LogP contribution < -0.4 is 0 Å². The molecular weight excluding hydrogens is 432 g/mol. The van der Waals surface area contributed by atoms with Crippen LogP contribution in [0.5, 0.6) is 0 Å². The summed E-state index contributed by atoms with van der Waals surface area (Å²) in [6.07, 6.45) is 2.72. The van der Waals surface area contributed by atoms with Gasteiger partial charge in [0.1, 0.15) is 24.4 Å². The molecule has 0 aromatic carbocycles. The minimum Gasteiger partial charge on any atom is -0.461 e. The van der Waals surface area contributed by atoms with E-state index in [-0.39, 0.29) is 18.6 Å². The average Bonchev–Trinajstić information content (AvgIpc) is 3.17. The summed E-state index contributed by atoms with van der Waals surface area (Å²) in [5, 5.41) is 0. The van der Waals surface area contributed by atoms with Crippen LogP contribution >= 0.6 is 0 Å². The molecule has 1 saturated heterocycles. The second-order valence-electron chi connectivity index (χ2n) is 8.79. The Kier molecular flexibility index (Phi) is 6.83. The number of rotatable bonds is 5. The van der Waals surface area contributed by atoms with E-state index >= 15 is 0 Å². The number of esters is 4. The van der Waals surface area contributed by atoms with Crippen molar-refractivity contribution in [1.29, 1.82) is 0 Å². The Balaban J connectivity index is 2.05. The van der Waals surface area contributed by atoms with Crippen molar-refractivity contribution in [2.24, 2.45) is 0 Å². The Labute approximate surface area is 192 Å². The number of carbonyl (C=O) groups is 4. The third-order valence-electron chi connectivity index (χ3n) is 6.37. The lowest BCUT2D eigenvalue weighted by molar-refractivity contribution is -0.226. The highest BCUT2D eigenvalue weighted by molar-refractivity contribution is 5.93. The van der Waals surface area contributed by atoms with Crippen LogP contribution in [0.4, 0.5) is 0 Å². The predicted octanol–water partition coefficient (Wildman–Crippen LogP) is 2.83. The van der Waals surface area contributed by atoms with Gasteiger partial charge >= 0.3 is 23.9 Å². The van der Waals surface area contributed by atoms with Gasteiger partial charge in [0.25, 0.3) is 0 Å². The van der Waals surface area contributed by atoms with E-state index in [1.54, 1.807) is 39.8 Å². The highest BCUT2D eigenvalue weighted by atomic mass is 16.7. The zero-order valence-electron chi connectivity index (χ0n) is 19.8. The maximum Gasteiger partial charge on any atom is 0.338 e. The Hall–Kier alpha value is -2.94. The molecule has 0 aliphatic carbocycles. The van der Waals surface area contributed by atoms with E-state index in [0.717, 1.165) is 0 Å². The van der Waals surface area contributed by atoms with Gasteiger partial charge in [-0.2, -0.15) is 0 Å². The Bertz CT molecular complexity index is 972. The number of hydrogen-bond donors (Lipinski definition) is 0. The summed E-state index contributed by atoms with van der Waals surface area (Å²) in [6.45, 7) is 9.24. The van der Waals surface area contributed by atoms with Crippen molar-refractivity contribution >= 4 is 23.9 Å². The third kappa shape index (κ3) is 4.88. The molecule has 9 nitrogen and oxygen atoms in total. The Morgan fingerprint density at radius 2 is 1.91 bits per heavy atom. The Morgan fingerprint density at radius 3 is 2.52 bits per heavy atom. The first-order valence-electron chi connectivity index (χ1n) is 10.9. The highest BCUT2D eigenvalue weighted by Gasteiger charge is 2.59. The van der Waals surface area contributed by atoms with Gasteiger partial charge in [-0.3, -0.25) is 9.59 Å². The molecule has 3 rings (SSSR count). The van der Waals surface area contributed by atoms with E-state index in [1.807, 2.05) is 0 Å². The van der Waals surface area contributed by atoms with Crippen molar-refractivity contribution in [3.8, 4) is 0 Å². The molecule has 180 valence electrons. The van der Waals surface area contributed by atoms with Crippen molar-refractivity contribution in [2.75, 3.05) is 6.61 Å².